The van der Waals surface area contributed by atoms with Crippen LogP contribution in [0, 0.1) is 5.41 Å². The number of hydrogen-bond donors (Lipinski definition) is 0. The minimum Gasteiger partial charge on any atom is -0.342 e. The van der Waals surface area contributed by atoms with Crippen LogP contribution in [-0.4, -0.2) is 57.4 Å². The molecule has 2 aliphatic heterocycles. The van der Waals surface area contributed by atoms with Crippen LogP contribution in [0.3, 0.4) is 0 Å². The fourth-order valence-corrected chi connectivity index (χ4v) is 4.06. The van der Waals surface area contributed by atoms with Crippen molar-refractivity contribution in [3.8, 4) is 0 Å². The number of fused-ring (bicyclic) bond motifs is 1. The fraction of sp³-hybridized carbons (Fsp3) is 0.500. The van der Waals surface area contributed by atoms with Gasteiger partial charge in [-0.1, -0.05) is 6.07 Å². The number of carbonyl (C=O) groups is 2. The molecule has 0 aliphatic carbocycles. The second-order valence-corrected chi connectivity index (χ2v) is 6.97. The predicted molar refractivity (Wildman–Crippen MR) is 89.6 cm³/mol. The van der Waals surface area contributed by atoms with E-state index in [2.05, 4.69) is 5.10 Å². The Morgan fingerprint density at radius 2 is 2.08 bits per heavy atom. The quantitative estimate of drug-likeness (QED) is 0.846. The van der Waals surface area contributed by atoms with E-state index in [4.69, 9.17) is 0 Å². The maximum Gasteiger partial charge on any atom is 0.257 e. The smallest absolute Gasteiger partial charge is 0.257 e. The number of nitrogens with zero attached hydrogens (tertiary/aromatic N) is 4. The summed E-state index contributed by atoms with van der Waals surface area (Å²) >= 11 is 0. The molecular weight excluding hydrogens is 304 g/mol. The van der Waals surface area contributed by atoms with Gasteiger partial charge in [-0.2, -0.15) is 5.10 Å². The van der Waals surface area contributed by atoms with Crippen LogP contribution in [-0.2, 0) is 4.79 Å². The molecule has 2 fully saturated rings. The first-order valence-electron chi connectivity index (χ1n) is 8.61. The summed E-state index contributed by atoms with van der Waals surface area (Å²) in [6, 6.07) is 5.73. The van der Waals surface area contributed by atoms with Gasteiger partial charge in [-0.25, -0.2) is 4.52 Å². The largest absolute Gasteiger partial charge is 0.342 e. The first kappa shape index (κ1) is 15.2. The topological polar surface area (TPSA) is 57.9 Å². The Kier molecular flexibility index (Phi) is 3.55. The molecule has 0 unspecified atom stereocenters. The lowest BCUT2D eigenvalue weighted by molar-refractivity contribution is -0.127. The van der Waals surface area contributed by atoms with E-state index >= 15 is 0 Å². The highest BCUT2D eigenvalue weighted by atomic mass is 16.2. The van der Waals surface area contributed by atoms with Crippen LogP contribution in [0.2, 0.25) is 0 Å². The molecule has 6 heteroatoms. The van der Waals surface area contributed by atoms with E-state index in [0.29, 0.717) is 25.1 Å². The minimum absolute atomic E-state index is 0.0442. The van der Waals surface area contributed by atoms with Crippen LogP contribution in [0.25, 0.3) is 5.52 Å². The number of piperidine rings is 1. The molecule has 4 heterocycles. The molecule has 2 aliphatic rings. The molecule has 1 spiro atoms. The van der Waals surface area contributed by atoms with Crippen LogP contribution in [0.4, 0.5) is 0 Å². The van der Waals surface area contributed by atoms with Crippen LogP contribution in [0.5, 0.6) is 0 Å². The zero-order valence-corrected chi connectivity index (χ0v) is 13.9. The van der Waals surface area contributed by atoms with Gasteiger partial charge in [-0.15, -0.1) is 0 Å². The highest BCUT2D eigenvalue weighted by Gasteiger charge is 2.45. The van der Waals surface area contributed by atoms with Crippen molar-refractivity contribution < 1.29 is 9.59 Å². The third-order valence-electron chi connectivity index (χ3n) is 5.56. The van der Waals surface area contributed by atoms with Gasteiger partial charge in [0.1, 0.15) is 0 Å². The van der Waals surface area contributed by atoms with Crippen LogP contribution in [0.15, 0.2) is 30.6 Å². The van der Waals surface area contributed by atoms with Gasteiger partial charge in [0.05, 0.1) is 17.3 Å². The summed E-state index contributed by atoms with van der Waals surface area (Å²) < 4.78 is 1.73. The second kappa shape index (κ2) is 5.61. The molecule has 24 heavy (non-hydrogen) atoms. The first-order valence-corrected chi connectivity index (χ1v) is 8.61. The van der Waals surface area contributed by atoms with Gasteiger partial charge in [-0.3, -0.25) is 9.59 Å². The average Bonchev–Trinajstić information content (AvgIpc) is 3.16. The summed E-state index contributed by atoms with van der Waals surface area (Å²) in [5.41, 5.74) is 1.57. The molecule has 0 radical (unpaired) electrons. The molecule has 2 amide bonds. The monoisotopic (exact) mass is 326 g/mol. The first-order chi connectivity index (χ1) is 11.6. The molecule has 0 saturated carbocycles. The van der Waals surface area contributed by atoms with Gasteiger partial charge in [0.2, 0.25) is 5.91 Å². The second-order valence-electron chi connectivity index (χ2n) is 6.97. The molecule has 0 atom stereocenters. The summed E-state index contributed by atoms with van der Waals surface area (Å²) in [6.45, 7) is 5.09. The van der Waals surface area contributed by atoms with Gasteiger partial charge < -0.3 is 9.80 Å². The number of rotatable bonds is 2. The van der Waals surface area contributed by atoms with E-state index in [1.165, 1.54) is 0 Å². The van der Waals surface area contributed by atoms with E-state index in [0.717, 1.165) is 31.4 Å². The lowest BCUT2D eigenvalue weighted by atomic mass is 9.77. The number of carbonyl (C=O) groups excluding carboxylic acids is 2. The lowest BCUT2D eigenvalue weighted by Gasteiger charge is -2.38. The van der Waals surface area contributed by atoms with Crippen LogP contribution in [0.1, 0.15) is 36.5 Å². The van der Waals surface area contributed by atoms with Crippen molar-refractivity contribution in [1.29, 1.82) is 0 Å². The number of amides is 2. The summed E-state index contributed by atoms with van der Waals surface area (Å²) in [7, 11) is 0. The normalized spacial score (nSPS) is 20.3. The minimum atomic E-state index is 0.0442. The molecule has 0 aromatic carbocycles. The molecule has 4 rings (SSSR count). The summed E-state index contributed by atoms with van der Waals surface area (Å²) in [4.78, 5) is 28.8. The molecular formula is C18H22N4O2. The standard InChI is InChI=1S/C18H22N4O2/c1-2-20-13-18(11-16(20)23)6-9-21(10-7-18)17(24)14-12-19-22-8-4-3-5-15(14)22/h3-5,8,12H,2,6-7,9-11,13H2,1H3. The van der Waals surface area contributed by atoms with Crippen molar-refractivity contribution in [2.75, 3.05) is 26.2 Å². The van der Waals surface area contributed by atoms with Crippen LogP contribution < -0.4 is 0 Å². The SMILES string of the molecule is CCN1CC2(CCN(C(=O)c3cnn4ccccc34)CC2)CC1=O. The zero-order chi connectivity index (χ0) is 16.7. The Balaban J connectivity index is 1.48. The van der Waals surface area contributed by atoms with Crippen molar-refractivity contribution in [2.45, 2.75) is 26.2 Å². The third kappa shape index (κ3) is 2.37. The van der Waals surface area contributed by atoms with Crippen molar-refractivity contribution in [2.24, 2.45) is 5.41 Å². The van der Waals surface area contributed by atoms with Crippen molar-refractivity contribution in [3.63, 3.8) is 0 Å². The average molecular weight is 326 g/mol. The predicted octanol–water partition coefficient (Wildman–Crippen LogP) is 1.81. The number of likely N-dealkylation sites (tertiary alicyclic amines) is 2. The van der Waals surface area contributed by atoms with Crippen LogP contribution >= 0.6 is 0 Å². The van der Waals surface area contributed by atoms with E-state index in [1.54, 1.807) is 10.7 Å². The summed E-state index contributed by atoms with van der Waals surface area (Å²) in [6.07, 6.45) is 5.95. The number of hydrogen-bond acceptors (Lipinski definition) is 3. The Morgan fingerprint density at radius 3 is 2.79 bits per heavy atom. The molecule has 0 bridgehead atoms. The van der Waals surface area contributed by atoms with Crippen molar-refractivity contribution >= 4 is 17.3 Å². The van der Waals surface area contributed by atoms with Gasteiger partial charge >= 0.3 is 0 Å². The highest BCUT2D eigenvalue weighted by Crippen LogP contribution is 2.41. The van der Waals surface area contributed by atoms with Gasteiger partial charge in [0, 0.05) is 44.2 Å². The molecule has 0 N–H and O–H groups in total. The molecule has 126 valence electrons. The zero-order valence-electron chi connectivity index (χ0n) is 13.9. The Morgan fingerprint density at radius 1 is 1.29 bits per heavy atom. The van der Waals surface area contributed by atoms with E-state index < -0.39 is 0 Å². The summed E-state index contributed by atoms with van der Waals surface area (Å²) in [5.74, 6) is 0.308. The highest BCUT2D eigenvalue weighted by molar-refractivity contribution is 6.00. The van der Waals surface area contributed by atoms with Gasteiger partial charge in [-0.05, 0) is 31.9 Å². The van der Waals surface area contributed by atoms with E-state index in [-0.39, 0.29) is 17.2 Å². The van der Waals surface area contributed by atoms with Gasteiger partial charge in [0.25, 0.3) is 5.91 Å². The lowest BCUT2D eigenvalue weighted by Crippen LogP contribution is -2.44. The Labute approximate surface area is 141 Å². The maximum absolute atomic E-state index is 12.9. The number of aromatic nitrogens is 2. The maximum atomic E-state index is 12.9. The Hall–Kier alpha value is -2.37. The van der Waals surface area contributed by atoms with Crippen molar-refractivity contribution in [1.82, 2.24) is 19.4 Å². The van der Waals surface area contributed by atoms with Gasteiger partial charge in [0.15, 0.2) is 0 Å². The third-order valence-corrected chi connectivity index (χ3v) is 5.56. The Bertz CT molecular complexity index is 789. The van der Waals surface area contributed by atoms with E-state index in [9.17, 15) is 9.59 Å². The fourth-order valence-electron chi connectivity index (χ4n) is 4.06. The number of pyridine rings is 1. The van der Waals surface area contributed by atoms with Crippen molar-refractivity contribution in [3.05, 3.63) is 36.2 Å². The molecule has 2 aromatic heterocycles. The molecule has 2 saturated heterocycles. The summed E-state index contributed by atoms with van der Waals surface area (Å²) in [5, 5.41) is 4.25. The molecule has 6 nitrogen and oxygen atoms in total. The molecule has 2 aromatic rings. The van der Waals surface area contributed by atoms with E-state index in [1.807, 2.05) is 41.1 Å².